The lowest BCUT2D eigenvalue weighted by Crippen LogP contribution is -2.49. The highest BCUT2D eigenvalue weighted by molar-refractivity contribution is 5.43. The van der Waals surface area contributed by atoms with Gasteiger partial charge in [0.15, 0.2) is 0 Å². The maximum absolute atomic E-state index is 11.1. The lowest BCUT2D eigenvalue weighted by molar-refractivity contribution is -0.385. The molecular weight excluding hydrogens is 266 g/mol. The van der Waals surface area contributed by atoms with Crippen molar-refractivity contribution in [2.75, 3.05) is 13.1 Å². The summed E-state index contributed by atoms with van der Waals surface area (Å²) < 4.78 is 0. The number of nitrogens with zero attached hydrogens (tertiary/aromatic N) is 2. The zero-order valence-electron chi connectivity index (χ0n) is 13.1. The van der Waals surface area contributed by atoms with Gasteiger partial charge in [-0.05, 0) is 44.7 Å². The Labute approximate surface area is 126 Å². The topological polar surface area (TPSA) is 72.4 Å². The predicted molar refractivity (Wildman–Crippen MR) is 84.2 cm³/mol. The van der Waals surface area contributed by atoms with Gasteiger partial charge >= 0.3 is 0 Å². The number of benzene rings is 1. The molecule has 0 spiro atoms. The molecule has 1 aliphatic heterocycles. The number of nitrogens with two attached hydrogens (primary N) is 1. The second-order valence-electron chi connectivity index (χ2n) is 6.14. The quantitative estimate of drug-likeness (QED) is 0.683. The van der Waals surface area contributed by atoms with Crippen molar-refractivity contribution >= 4 is 5.69 Å². The van der Waals surface area contributed by atoms with Gasteiger partial charge in [-0.3, -0.25) is 15.0 Å². The fourth-order valence-corrected chi connectivity index (χ4v) is 3.40. The molecule has 1 aromatic carbocycles. The standard InChI is InChI=1S/C16H25N3O2/c1-11-5-4-8-18(16(11)10-17)13(3)14-7-6-12(2)15(9-14)19(20)21/h6-7,9,11,13,16H,4-5,8,10,17H2,1-3H3. The highest BCUT2D eigenvalue weighted by atomic mass is 16.6. The first-order valence-electron chi connectivity index (χ1n) is 7.66. The van der Waals surface area contributed by atoms with Crippen molar-refractivity contribution < 1.29 is 4.92 Å². The lowest BCUT2D eigenvalue weighted by Gasteiger charge is -2.43. The molecule has 2 N–H and O–H groups in total. The molecule has 0 bridgehead atoms. The van der Waals surface area contributed by atoms with Gasteiger partial charge in [0.1, 0.15) is 0 Å². The average molecular weight is 291 g/mol. The summed E-state index contributed by atoms with van der Waals surface area (Å²) in [4.78, 5) is 13.2. The molecule has 0 radical (unpaired) electrons. The Hall–Kier alpha value is -1.46. The molecule has 3 unspecified atom stereocenters. The fourth-order valence-electron chi connectivity index (χ4n) is 3.40. The zero-order valence-corrected chi connectivity index (χ0v) is 13.1. The van der Waals surface area contributed by atoms with Gasteiger partial charge in [-0.25, -0.2) is 0 Å². The van der Waals surface area contributed by atoms with Crippen molar-refractivity contribution in [3.8, 4) is 0 Å². The molecule has 1 heterocycles. The number of hydrogen-bond donors (Lipinski definition) is 1. The van der Waals surface area contributed by atoms with Crippen LogP contribution < -0.4 is 5.73 Å². The Bertz CT molecular complexity index is 518. The molecule has 0 aromatic heterocycles. The molecule has 2 rings (SSSR count). The molecule has 1 aromatic rings. The molecule has 1 aliphatic rings. The number of nitro benzene ring substituents is 1. The van der Waals surface area contributed by atoms with Crippen LogP contribution in [0.15, 0.2) is 18.2 Å². The Morgan fingerprint density at radius 1 is 1.52 bits per heavy atom. The van der Waals surface area contributed by atoms with E-state index in [2.05, 4.69) is 18.7 Å². The van der Waals surface area contributed by atoms with Gasteiger partial charge in [-0.15, -0.1) is 0 Å². The number of rotatable bonds is 4. The van der Waals surface area contributed by atoms with Crippen LogP contribution in [0.3, 0.4) is 0 Å². The molecule has 116 valence electrons. The molecular formula is C16H25N3O2. The van der Waals surface area contributed by atoms with E-state index in [4.69, 9.17) is 5.73 Å². The van der Waals surface area contributed by atoms with Crippen LogP contribution in [0.2, 0.25) is 0 Å². The summed E-state index contributed by atoms with van der Waals surface area (Å²) in [5.74, 6) is 0.576. The Balaban J connectivity index is 2.28. The summed E-state index contributed by atoms with van der Waals surface area (Å²) in [5.41, 5.74) is 7.86. The van der Waals surface area contributed by atoms with Crippen molar-refractivity contribution in [3.63, 3.8) is 0 Å². The third kappa shape index (κ3) is 3.24. The summed E-state index contributed by atoms with van der Waals surface area (Å²) in [7, 11) is 0. The molecule has 5 nitrogen and oxygen atoms in total. The van der Waals surface area contributed by atoms with Crippen molar-refractivity contribution in [1.29, 1.82) is 0 Å². The molecule has 1 saturated heterocycles. The molecule has 0 aliphatic carbocycles. The van der Waals surface area contributed by atoms with Crippen LogP contribution in [0.1, 0.15) is 43.9 Å². The second kappa shape index (κ2) is 6.54. The first-order valence-corrected chi connectivity index (χ1v) is 7.66. The molecule has 3 atom stereocenters. The highest BCUT2D eigenvalue weighted by Gasteiger charge is 2.31. The fraction of sp³-hybridized carbons (Fsp3) is 0.625. The van der Waals surface area contributed by atoms with E-state index in [9.17, 15) is 10.1 Å². The Morgan fingerprint density at radius 2 is 2.24 bits per heavy atom. The van der Waals surface area contributed by atoms with Gasteiger partial charge < -0.3 is 5.73 Å². The Morgan fingerprint density at radius 3 is 2.86 bits per heavy atom. The maximum atomic E-state index is 11.1. The van der Waals surface area contributed by atoms with Crippen molar-refractivity contribution in [2.45, 2.75) is 45.7 Å². The SMILES string of the molecule is Cc1ccc(C(C)N2CCCC(C)C2CN)cc1[N+](=O)[O-]. The van der Waals surface area contributed by atoms with Crippen LogP contribution in [-0.4, -0.2) is 29.0 Å². The van der Waals surface area contributed by atoms with E-state index < -0.39 is 0 Å². The number of likely N-dealkylation sites (tertiary alicyclic amines) is 1. The first kappa shape index (κ1) is 15.9. The van der Waals surface area contributed by atoms with Gasteiger partial charge in [0.05, 0.1) is 4.92 Å². The largest absolute Gasteiger partial charge is 0.329 e. The maximum Gasteiger partial charge on any atom is 0.272 e. The number of nitro groups is 1. The van der Waals surface area contributed by atoms with Gasteiger partial charge in [0.2, 0.25) is 0 Å². The van der Waals surface area contributed by atoms with Crippen LogP contribution in [0.4, 0.5) is 5.69 Å². The summed E-state index contributed by atoms with van der Waals surface area (Å²) in [6, 6.07) is 6.07. The molecule has 5 heteroatoms. The number of aryl methyl sites for hydroxylation is 1. The third-order valence-electron chi connectivity index (χ3n) is 4.81. The molecule has 1 fully saturated rings. The van der Waals surface area contributed by atoms with E-state index in [1.165, 1.54) is 6.42 Å². The summed E-state index contributed by atoms with van der Waals surface area (Å²) >= 11 is 0. The predicted octanol–water partition coefficient (Wildman–Crippen LogP) is 3.02. The van der Waals surface area contributed by atoms with Gasteiger partial charge in [0.25, 0.3) is 5.69 Å². The monoisotopic (exact) mass is 291 g/mol. The van der Waals surface area contributed by atoms with Crippen LogP contribution in [0.5, 0.6) is 0 Å². The normalized spacial score (nSPS) is 24.8. The summed E-state index contributed by atoms with van der Waals surface area (Å²) in [6.07, 6.45) is 2.37. The van der Waals surface area contributed by atoms with E-state index in [1.807, 2.05) is 12.1 Å². The minimum Gasteiger partial charge on any atom is -0.329 e. The van der Waals surface area contributed by atoms with Crippen LogP contribution >= 0.6 is 0 Å². The Kier molecular flexibility index (Phi) is 4.96. The van der Waals surface area contributed by atoms with Crippen LogP contribution in [-0.2, 0) is 0 Å². The zero-order chi connectivity index (χ0) is 15.6. The molecule has 21 heavy (non-hydrogen) atoms. The van der Waals surface area contributed by atoms with Crippen molar-refractivity contribution in [3.05, 3.63) is 39.4 Å². The highest BCUT2D eigenvalue weighted by Crippen LogP contribution is 2.33. The minimum absolute atomic E-state index is 0.153. The second-order valence-corrected chi connectivity index (χ2v) is 6.14. The molecule has 0 amide bonds. The first-order chi connectivity index (χ1) is 9.95. The lowest BCUT2D eigenvalue weighted by atomic mass is 9.88. The van der Waals surface area contributed by atoms with Gasteiger partial charge in [-0.2, -0.15) is 0 Å². The van der Waals surface area contributed by atoms with Gasteiger partial charge in [0, 0.05) is 30.3 Å². The number of hydrogen-bond acceptors (Lipinski definition) is 4. The van der Waals surface area contributed by atoms with Crippen molar-refractivity contribution in [1.82, 2.24) is 4.90 Å². The molecule has 0 saturated carbocycles. The third-order valence-corrected chi connectivity index (χ3v) is 4.81. The minimum atomic E-state index is -0.301. The summed E-state index contributed by atoms with van der Waals surface area (Å²) in [6.45, 7) is 7.79. The van der Waals surface area contributed by atoms with E-state index in [-0.39, 0.29) is 16.7 Å². The summed E-state index contributed by atoms with van der Waals surface area (Å²) in [5, 5.41) is 11.1. The van der Waals surface area contributed by atoms with Crippen LogP contribution in [0.25, 0.3) is 0 Å². The van der Waals surface area contributed by atoms with E-state index in [0.29, 0.717) is 24.1 Å². The smallest absolute Gasteiger partial charge is 0.272 e. The van der Waals surface area contributed by atoms with Crippen molar-refractivity contribution in [2.24, 2.45) is 11.7 Å². The van der Waals surface area contributed by atoms with E-state index in [1.54, 1.807) is 13.0 Å². The van der Waals surface area contributed by atoms with Gasteiger partial charge in [-0.1, -0.05) is 19.1 Å². The van der Waals surface area contributed by atoms with E-state index >= 15 is 0 Å². The van der Waals surface area contributed by atoms with E-state index in [0.717, 1.165) is 18.5 Å². The number of piperidine rings is 1. The van der Waals surface area contributed by atoms with Crippen LogP contribution in [0, 0.1) is 23.0 Å². The average Bonchev–Trinajstić information content (AvgIpc) is 2.46.